The highest BCUT2D eigenvalue weighted by Gasteiger charge is 2.05. The number of benzene rings is 1. The van der Waals surface area contributed by atoms with E-state index in [1.54, 1.807) is 12.3 Å². The molecule has 0 atom stereocenters. The Bertz CT molecular complexity index is 589. The lowest BCUT2D eigenvalue weighted by Crippen LogP contribution is -1.98. The van der Waals surface area contributed by atoms with E-state index in [1.165, 1.54) is 24.4 Å². The van der Waals surface area contributed by atoms with Gasteiger partial charge in [0.2, 0.25) is 0 Å². The van der Waals surface area contributed by atoms with E-state index in [0.717, 1.165) is 0 Å². The summed E-state index contributed by atoms with van der Waals surface area (Å²) in [5, 5.41) is 11.9. The highest BCUT2D eigenvalue weighted by atomic mass is 19.1. The van der Waals surface area contributed by atoms with Gasteiger partial charge in [0.15, 0.2) is 0 Å². The van der Waals surface area contributed by atoms with Crippen molar-refractivity contribution in [3.05, 3.63) is 48.0 Å². The lowest BCUT2D eigenvalue weighted by atomic mass is 10.2. The van der Waals surface area contributed by atoms with Crippen molar-refractivity contribution in [1.29, 1.82) is 5.26 Å². The lowest BCUT2D eigenvalue weighted by molar-refractivity contribution is 0.627. The van der Waals surface area contributed by atoms with Crippen molar-refractivity contribution in [3.8, 4) is 6.07 Å². The Labute approximate surface area is 97.5 Å². The topological polar surface area (TPSA) is 74.7 Å². The van der Waals surface area contributed by atoms with Crippen molar-refractivity contribution < 1.29 is 4.39 Å². The van der Waals surface area contributed by atoms with Gasteiger partial charge in [0.05, 0.1) is 28.8 Å². The van der Waals surface area contributed by atoms with Gasteiger partial charge in [0.25, 0.3) is 0 Å². The zero-order valence-electron chi connectivity index (χ0n) is 8.81. The van der Waals surface area contributed by atoms with Crippen molar-refractivity contribution in [1.82, 2.24) is 4.98 Å². The molecule has 0 saturated carbocycles. The van der Waals surface area contributed by atoms with Crippen molar-refractivity contribution in [3.63, 3.8) is 0 Å². The fourth-order valence-corrected chi connectivity index (χ4v) is 1.38. The van der Waals surface area contributed by atoms with Crippen LogP contribution in [-0.4, -0.2) is 4.98 Å². The Kier molecular flexibility index (Phi) is 2.88. The van der Waals surface area contributed by atoms with Crippen molar-refractivity contribution in [2.24, 2.45) is 0 Å². The molecule has 1 aromatic heterocycles. The molecule has 3 N–H and O–H groups in total. The molecule has 0 amide bonds. The predicted octanol–water partition coefficient (Wildman–Crippen LogP) is 2.42. The average Bonchev–Trinajstić information content (AvgIpc) is 2.34. The van der Waals surface area contributed by atoms with E-state index < -0.39 is 5.82 Å². The third kappa shape index (κ3) is 2.32. The SMILES string of the molecule is N#Cc1cc(F)ccc1Nc1ccncc1N. The largest absolute Gasteiger partial charge is 0.396 e. The van der Waals surface area contributed by atoms with Crippen LogP contribution in [0.2, 0.25) is 0 Å². The number of aromatic nitrogens is 1. The number of rotatable bonds is 2. The number of nitrogens with two attached hydrogens (primary N) is 1. The molecule has 4 nitrogen and oxygen atoms in total. The first-order chi connectivity index (χ1) is 8.20. The molecule has 2 rings (SSSR count). The molecule has 0 bridgehead atoms. The molecular formula is C12H9FN4. The van der Waals surface area contributed by atoms with E-state index in [2.05, 4.69) is 10.3 Å². The van der Waals surface area contributed by atoms with Crippen LogP contribution < -0.4 is 11.1 Å². The summed E-state index contributed by atoms with van der Waals surface area (Å²) in [7, 11) is 0. The molecule has 17 heavy (non-hydrogen) atoms. The van der Waals surface area contributed by atoms with Gasteiger partial charge in [0, 0.05) is 6.20 Å². The van der Waals surface area contributed by atoms with E-state index >= 15 is 0 Å². The monoisotopic (exact) mass is 228 g/mol. The van der Waals surface area contributed by atoms with Crippen LogP contribution in [0.5, 0.6) is 0 Å². The highest BCUT2D eigenvalue weighted by molar-refractivity contribution is 5.74. The van der Waals surface area contributed by atoms with E-state index in [1.807, 2.05) is 6.07 Å². The van der Waals surface area contributed by atoms with Gasteiger partial charge in [0.1, 0.15) is 11.9 Å². The van der Waals surface area contributed by atoms with Gasteiger partial charge >= 0.3 is 0 Å². The van der Waals surface area contributed by atoms with Gasteiger partial charge in [-0.05, 0) is 24.3 Å². The zero-order valence-corrected chi connectivity index (χ0v) is 8.81. The Morgan fingerprint density at radius 1 is 1.29 bits per heavy atom. The molecule has 0 spiro atoms. The first-order valence-electron chi connectivity index (χ1n) is 4.87. The smallest absolute Gasteiger partial charge is 0.124 e. The second-order valence-corrected chi connectivity index (χ2v) is 3.39. The normalized spacial score (nSPS) is 9.65. The first-order valence-corrected chi connectivity index (χ1v) is 4.87. The number of nitriles is 1. The van der Waals surface area contributed by atoms with Crippen LogP contribution in [0.15, 0.2) is 36.7 Å². The molecule has 2 aromatic rings. The number of anilines is 3. The second-order valence-electron chi connectivity index (χ2n) is 3.39. The molecule has 0 unspecified atom stereocenters. The summed E-state index contributed by atoms with van der Waals surface area (Å²) < 4.78 is 12.9. The minimum atomic E-state index is -0.449. The summed E-state index contributed by atoms with van der Waals surface area (Å²) >= 11 is 0. The van der Waals surface area contributed by atoms with E-state index in [0.29, 0.717) is 17.1 Å². The first kappa shape index (κ1) is 10.9. The Morgan fingerprint density at radius 2 is 2.12 bits per heavy atom. The van der Waals surface area contributed by atoms with E-state index in [-0.39, 0.29) is 5.56 Å². The number of pyridine rings is 1. The fraction of sp³-hybridized carbons (Fsp3) is 0. The third-order valence-electron chi connectivity index (χ3n) is 2.22. The Hall–Kier alpha value is -2.61. The van der Waals surface area contributed by atoms with Crippen LogP contribution in [0.4, 0.5) is 21.5 Å². The summed E-state index contributed by atoms with van der Waals surface area (Å²) in [6.45, 7) is 0. The van der Waals surface area contributed by atoms with Gasteiger partial charge < -0.3 is 11.1 Å². The van der Waals surface area contributed by atoms with Crippen molar-refractivity contribution >= 4 is 17.1 Å². The molecule has 1 heterocycles. The van der Waals surface area contributed by atoms with Gasteiger partial charge in [-0.25, -0.2) is 4.39 Å². The molecule has 5 heteroatoms. The summed E-state index contributed by atoms with van der Waals surface area (Å²) in [6, 6.07) is 7.54. The zero-order chi connectivity index (χ0) is 12.3. The van der Waals surface area contributed by atoms with Crippen LogP contribution in [0.25, 0.3) is 0 Å². The van der Waals surface area contributed by atoms with Gasteiger partial charge in [-0.2, -0.15) is 5.26 Å². The van der Waals surface area contributed by atoms with Gasteiger partial charge in [-0.15, -0.1) is 0 Å². The Balaban J connectivity index is 2.37. The third-order valence-corrected chi connectivity index (χ3v) is 2.22. The molecule has 0 aliphatic heterocycles. The number of hydrogen-bond donors (Lipinski definition) is 2. The van der Waals surface area contributed by atoms with Gasteiger partial charge in [-0.1, -0.05) is 0 Å². The summed E-state index contributed by atoms with van der Waals surface area (Å²) in [5.74, 6) is -0.449. The standard InChI is InChI=1S/C12H9FN4/c13-9-1-2-11(8(5-9)6-14)17-12-3-4-16-7-10(12)15/h1-5,7H,15H2,(H,16,17). The van der Waals surface area contributed by atoms with Crippen LogP contribution in [0, 0.1) is 17.1 Å². The van der Waals surface area contributed by atoms with Gasteiger partial charge in [-0.3, -0.25) is 4.98 Å². The summed E-state index contributed by atoms with van der Waals surface area (Å²) in [5.41, 5.74) is 7.52. The minimum Gasteiger partial charge on any atom is -0.396 e. The van der Waals surface area contributed by atoms with Crippen LogP contribution in [-0.2, 0) is 0 Å². The van der Waals surface area contributed by atoms with Crippen LogP contribution in [0.3, 0.4) is 0 Å². The molecule has 0 saturated heterocycles. The molecule has 84 valence electrons. The molecule has 0 fully saturated rings. The van der Waals surface area contributed by atoms with Crippen molar-refractivity contribution in [2.75, 3.05) is 11.1 Å². The van der Waals surface area contributed by atoms with Crippen LogP contribution in [0.1, 0.15) is 5.56 Å². The molecule has 0 aliphatic rings. The molecule has 1 aromatic carbocycles. The fourth-order valence-electron chi connectivity index (χ4n) is 1.38. The van der Waals surface area contributed by atoms with Crippen LogP contribution >= 0.6 is 0 Å². The molecule has 0 radical (unpaired) electrons. The van der Waals surface area contributed by atoms with E-state index in [9.17, 15) is 4.39 Å². The minimum absolute atomic E-state index is 0.223. The van der Waals surface area contributed by atoms with E-state index in [4.69, 9.17) is 11.0 Å². The summed E-state index contributed by atoms with van der Waals surface area (Å²) in [6.07, 6.45) is 3.08. The molecular weight excluding hydrogens is 219 g/mol. The highest BCUT2D eigenvalue weighted by Crippen LogP contribution is 2.24. The number of nitrogens with one attached hydrogen (secondary N) is 1. The average molecular weight is 228 g/mol. The Morgan fingerprint density at radius 3 is 2.82 bits per heavy atom. The molecule has 0 aliphatic carbocycles. The number of nitrogen functional groups attached to an aromatic ring is 1. The number of hydrogen-bond acceptors (Lipinski definition) is 4. The quantitative estimate of drug-likeness (QED) is 0.827. The lowest BCUT2D eigenvalue weighted by Gasteiger charge is -2.09. The maximum Gasteiger partial charge on any atom is 0.124 e. The summed E-state index contributed by atoms with van der Waals surface area (Å²) in [4.78, 5) is 3.85. The number of nitrogens with zero attached hydrogens (tertiary/aromatic N) is 2. The number of halogens is 1. The predicted molar refractivity (Wildman–Crippen MR) is 63.0 cm³/mol. The maximum atomic E-state index is 12.9. The maximum absolute atomic E-state index is 12.9. The van der Waals surface area contributed by atoms with Crippen molar-refractivity contribution in [2.45, 2.75) is 0 Å². The second kappa shape index (κ2) is 4.49.